The van der Waals surface area contributed by atoms with Crippen molar-refractivity contribution in [1.82, 2.24) is 0 Å². The molecule has 0 spiro atoms. The van der Waals surface area contributed by atoms with E-state index in [9.17, 15) is 0 Å². The summed E-state index contributed by atoms with van der Waals surface area (Å²) in [4.78, 5) is 0. The summed E-state index contributed by atoms with van der Waals surface area (Å²) in [5.74, 6) is 0.477. The summed E-state index contributed by atoms with van der Waals surface area (Å²) in [6.07, 6.45) is 2.47. The van der Waals surface area contributed by atoms with Gasteiger partial charge >= 0.3 is 0 Å². The summed E-state index contributed by atoms with van der Waals surface area (Å²) < 4.78 is 5.78. The molecule has 3 N–H and O–H groups in total. The molecular formula is C14H17N3O. The molecule has 0 amide bonds. The second kappa shape index (κ2) is 4.60. The minimum atomic E-state index is 0.127. The van der Waals surface area contributed by atoms with Crippen molar-refractivity contribution < 1.29 is 4.74 Å². The van der Waals surface area contributed by atoms with Crippen molar-refractivity contribution in [2.75, 3.05) is 11.9 Å². The Hall–Kier alpha value is -1.57. The summed E-state index contributed by atoms with van der Waals surface area (Å²) in [7, 11) is 0. The van der Waals surface area contributed by atoms with Crippen LogP contribution in [0.25, 0.3) is 0 Å². The lowest BCUT2D eigenvalue weighted by Crippen LogP contribution is -2.69. The Morgan fingerprint density at radius 3 is 3.06 bits per heavy atom. The molecule has 4 heteroatoms. The number of nitrogens with two attached hydrogens (primary N) is 1. The highest BCUT2D eigenvalue weighted by molar-refractivity contribution is 5.58. The van der Waals surface area contributed by atoms with Crippen LogP contribution < -0.4 is 11.1 Å². The Bertz CT molecular complexity index is 482. The van der Waals surface area contributed by atoms with Gasteiger partial charge in [-0.05, 0) is 25.0 Å². The molecule has 1 aromatic rings. The third kappa shape index (κ3) is 1.76. The highest BCUT2D eigenvalue weighted by atomic mass is 16.5. The van der Waals surface area contributed by atoms with Crippen LogP contribution in [0.3, 0.4) is 0 Å². The molecule has 4 unspecified atom stereocenters. The molecule has 1 aliphatic carbocycles. The van der Waals surface area contributed by atoms with Gasteiger partial charge in [-0.25, -0.2) is 0 Å². The maximum absolute atomic E-state index is 9.07. The first-order valence-electron chi connectivity index (χ1n) is 6.44. The van der Waals surface area contributed by atoms with Crippen molar-refractivity contribution in [3.8, 4) is 6.07 Å². The van der Waals surface area contributed by atoms with E-state index in [0.29, 0.717) is 11.5 Å². The average Bonchev–Trinajstić information content (AvgIpc) is 2.44. The van der Waals surface area contributed by atoms with Crippen LogP contribution >= 0.6 is 0 Å². The fourth-order valence-electron chi connectivity index (χ4n) is 3.01. The third-order valence-electron chi connectivity index (χ3n) is 4.05. The van der Waals surface area contributed by atoms with Gasteiger partial charge in [-0.15, -0.1) is 0 Å². The number of para-hydroxylation sites is 1. The molecule has 1 aliphatic heterocycles. The minimum Gasteiger partial charge on any atom is -0.377 e. The molecule has 1 heterocycles. The van der Waals surface area contributed by atoms with E-state index in [2.05, 4.69) is 11.4 Å². The number of fused-ring (bicyclic) bond motifs is 1. The minimum absolute atomic E-state index is 0.127. The highest BCUT2D eigenvalue weighted by Gasteiger charge is 2.50. The first-order chi connectivity index (χ1) is 8.81. The average molecular weight is 243 g/mol. The van der Waals surface area contributed by atoms with Gasteiger partial charge in [0.2, 0.25) is 0 Å². The van der Waals surface area contributed by atoms with Gasteiger partial charge in [0.15, 0.2) is 0 Å². The van der Waals surface area contributed by atoms with E-state index in [4.69, 9.17) is 15.7 Å². The molecule has 3 rings (SSSR count). The van der Waals surface area contributed by atoms with E-state index >= 15 is 0 Å². The van der Waals surface area contributed by atoms with Crippen LogP contribution in [0.5, 0.6) is 0 Å². The number of ether oxygens (including phenoxy) is 1. The molecule has 0 aromatic heterocycles. The van der Waals surface area contributed by atoms with Gasteiger partial charge in [0.25, 0.3) is 0 Å². The molecule has 1 saturated heterocycles. The van der Waals surface area contributed by atoms with E-state index in [-0.39, 0.29) is 18.2 Å². The highest BCUT2D eigenvalue weighted by Crippen LogP contribution is 2.38. The van der Waals surface area contributed by atoms with Gasteiger partial charge in [-0.1, -0.05) is 12.1 Å². The predicted octanol–water partition coefficient (Wildman–Crippen LogP) is 1.47. The number of rotatable bonds is 2. The molecule has 2 fully saturated rings. The Morgan fingerprint density at radius 2 is 2.22 bits per heavy atom. The first kappa shape index (κ1) is 11.5. The number of nitrogens with one attached hydrogen (secondary N) is 1. The Kier molecular flexibility index (Phi) is 2.94. The van der Waals surface area contributed by atoms with Crippen molar-refractivity contribution in [2.45, 2.75) is 31.0 Å². The zero-order valence-electron chi connectivity index (χ0n) is 10.2. The molecule has 4 nitrogen and oxygen atoms in total. The number of hydrogen-bond donors (Lipinski definition) is 2. The summed E-state index contributed by atoms with van der Waals surface area (Å²) in [6.45, 7) is 0.825. The molecule has 94 valence electrons. The van der Waals surface area contributed by atoms with Crippen LogP contribution in [0, 0.1) is 17.2 Å². The van der Waals surface area contributed by atoms with Crippen LogP contribution in [0.1, 0.15) is 18.4 Å². The topological polar surface area (TPSA) is 71.1 Å². The summed E-state index contributed by atoms with van der Waals surface area (Å²) in [5, 5.41) is 12.4. The molecule has 1 saturated carbocycles. The number of benzene rings is 1. The Labute approximate surface area is 107 Å². The quantitative estimate of drug-likeness (QED) is 0.825. The largest absolute Gasteiger partial charge is 0.377 e. The van der Waals surface area contributed by atoms with Crippen LogP contribution in [0.4, 0.5) is 5.69 Å². The van der Waals surface area contributed by atoms with E-state index < -0.39 is 0 Å². The van der Waals surface area contributed by atoms with Gasteiger partial charge in [0.1, 0.15) is 6.07 Å². The van der Waals surface area contributed by atoms with Crippen LogP contribution in [-0.4, -0.2) is 24.8 Å². The van der Waals surface area contributed by atoms with Crippen molar-refractivity contribution in [1.29, 1.82) is 5.26 Å². The maximum Gasteiger partial charge on any atom is 0.101 e. The molecule has 0 radical (unpaired) electrons. The number of nitriles is 1. The van der Waals surface area contributed by atoms with E-state index in [1.807, 2.05) is 24.3 Å². The fourth-order valence-corrected chi connectivity index (χ4v) is 3.01. The Balaban J connectivity index is 1.75. The lowest BCUT2D eigenvalue weighted by Gasteiger charge is -2.52. The predicted molar refractivity (Wildman–Crippen MR) is 69.0 cm³/mol. The van der Waals surface area contributed by atoms with Gasteiger partial charge < -0.3 is 15.8 Å². The van der Waals surface area contributed by atoms with Crippen molar-refractivity contribution in [3.63, 3.8) is 0 Å². The van der Waals surface area contributed by atoms with Gasteiger partial charge in [0, 0.05) is 18.6 Å². The second-order valence-corrected chi connectivity index (χ2v) is 5.05. The normalized spacial score (nSPS) is 34.0. The molecule has 2 aliphatic rings. The van der Waals surface area contributed by atoms with Crippen molar-refractivity contribution in [3.05, 3.63) is 29.8 Å². The van der Waals surface area contributed by atoms with E-state index in [0.717, 1.165) is 25.1 Å². The van der Waals surface area contributed by atoms with Crippen molar-refractivity contribution >= 4 is 5.69 Å². The van der Waals surface area contributed by atoms with E-state index in [1.165, 1.54) is 0 Å². The maximum atomic E-state index is 9.07. The number of hydrogen-bond acceptors (Lipinski definition) is 4. The lowest BCUT2D eigenvalue weighted by atomic mass is 9.68. The summed E-state index contributed by atoms with van der Waals surface area (Å²) >= 11 is 0. The molecule has 1 aromatic carbocycles. The van der Waals surface area contributed by atoms with Crippen molar-refractivity contribution in [2.24, 2.45) is 11.7 Å². The van der Waals surface area contributed by atoms with Crippen LogP contribution in [-0.2, 0) is 4.74 Å². The second-order valence-electron chi connectivity index (χ2n) is 5.05. The van der Waals surface area contributed by atoms with Crippen LogP contribution in [0.15, 0.2) is 24.3 Å². The van der Waals surface area contributed by atoms with Gasteiger partial charge in [-0.3, -0.25) is 0 Å². The molecule has 0 bridgehead atoms. The Morgan fingerprint density at radius 1 is 1.39 bits per heavy atom. The van der Waals surface area contributed by atoms with Gasteiger partial charge in [0.05, 0.1) is 23.4 Å². The third-order valence-corrected chi connectivity index (χ3v) is 4.05. The number of anilines is 1. The SMILES string of the molecule is N#Cc1ccccc1NC1C(N)C2CCCOC21. The summed E-state index contributed by atoms with van der Waals surface area (Å²) in [6, 6.07) is 9.97. The van der Waals surface area contributed by atoms with Gasteiger partial charge in [-0.2, -0.15) is 5.26 Å². The molecule has 18 heavy (non-hydrogen) atoms. The summed E-state index contributed by atoms with van der Waals surface area (Å²) in [5.41, 5.74) is 7.70. The number of nitrogens with zero attached hydrogens (tertiary/aromatic N) is 1. The zero-order chi connectivity index (χ0) is 12.5. The standard InChI is InChI=1S/C14H17N3O/c15-8-9-4-1-2-6-11(9)17-13-12(16)10-5-3-7-18-14(10)13/h1-2,4,6,10,12-14,17H,3,5,7,16H2. The molecule has 4 atom stereocenters. The van der Waals surface area contributed by atoms with E-state index in [1.54, 1.807) is 0 Å². The monoisotopic (exact) mass is 243 g/mol. The van der Waals surface area contributed by atoms with Crippen LogP contribution in [0.2, 0.25) is 0 Å². The lowest BCUT2D eigenvalue weighted by molar-refractivity contribution is -0.104. The molecular weight excluding hydrogens is 226 g/mol. The fraction of sp³-hybridized carbons (Fsp3) is 0.500. The first-order valence-corrected chi connectivity index (χ1v) is 6.44. The smallest absolute Gasteiger partial charge is 0.101 e. The zero-order valence-corrected chi connectivity index (χ0v) is 10.2.